The molecule has 1 aliphatic heterocycles. The first-order chi connectivity index (χ1) is 9.66. The van der Waals surface area contributed by atoms with E-state index in [0.29, 0.717) is 12.1 Å². The van der Waals surface area contributed by atoms with Gasteiger partial charge in [-0.3, -0.25) is 14.7 Å². The average Bonchev–Trinajstić information content (AvgIpc) is 2.95. The summed E-state index contributed by atoms with van der Waals surface area (Å²) in [5.41, 5.74) is 2.12. The molecule has 3 rings (SSSR count). The maximum absolute atomic E-state index is 12.5. The number of nitrogens with zero attached hydrogens (tertiary/aromatic N) is 2. The van der Waals surface area contributed by atoms with Crippen LogP contribution in [-0.4, -0.2) is 33.0 Å². The lowest BCUT2D eigenvalue weighted by molar-refractivity contribution is -0.119. The van der Waals surface area contributed by atoms with Gasteiger partial charge in [-0.2, -0.15) is 5.10 Å². The van der Waals surface area contributed by atoms with Crippen LogP contribution in [0.2, 0.25) is 0 Å². The van der Waals surface area contributed by atoms with Crippen molar-refractivity contribution < 1.29 is 9.59 Å². The van der Waals surface area contributed by atoms with Crippen LogP contribution in [0.15, 0.2) is 36.7 Å². The van der Waals surface area contributed by atoms with Crippen LogP contribution in [0.4, 0.5) is 5.69 Å². The minimum Gasteiger partial charge on any atom is -0.324 e. The number of aromatic nitrogens is 2. The van der Waals surface area contributed by atoms with Gasteiger partial charge in [0.05, 0.1) is 11.8 Å². The van der Waals surface area contributed by atoms with Crippen LogP contribution in [-0.2, 0) is 11.3 Å². The van der Waals surface area contributed by atoms with Crippen LogP contribution < -0.4 is 5.32 Å². The molecule has 1 atom stereocenters. The van der Waals surface area contributed by atoms with Gasteiger partial charge in [0.25, 0.3) is 5.91 Å². The Hall–Kier alpha value is -2.63. The molecule has 1 unspecified atom stereocenters. The predicted molar refractivity (Wildman–Crippen MR) is 73.0 cm³/mol. The summed E-state index contributed by atoms with van der Waals surface area (Å²) in [5.74, 6) is -0.398. The lowest BCUT2D eigenvalue weighted by Gasteiger charge is -2.25. The summed E-state index contributed by atoms with van der Waals surface area (Å²) in [7, 11) is 0. The Labute approximate surface area is 115 Å². The fraction of sp³-hybridized carbons (Fsp3) is 0.214. The Morgan fingerprint density at radius 2 is 2.20 bits per heavy atom. The fourth-order valence-corrected chi connectivity index (χ4v) is 2.26. The molecule has 2 aromatic rings. The van der Waals surface area contributed by atoms with E-state index in [9.17, 15) is 9.59 Å². The normalized spacial score (nSPS) is 18.1. The molecule has 0 aliphatic carbocycles. The molecule has 6 nitrogen and oxygen atoms in total. The number of para-hydroxylation sites is 1. The molecule has 0 spiro atoms. The lowest BCUT2D eigenvalue weighted by atomic mass is 10.1. The molecule has 1 aromatic heterocycles. The summed E-state index contributed by atoms with van der Waals surface area (Å²) in [5, 5.41) is 9.24. The van der Waals surface area contributed by atoms with E-state index in [1.165, 1.54) is 12.4 Å². The van der Waals surface area contributed by atoms with Gasteiger partial charge in [-0.05, 0) is 18.6 Å². The summed E-state index contributed by atoms with van der Waals surface area (Å²) in [6.07, 6.45) is 2.99. The number of amides is 2. The number of anilines is 1. The van der Waals surface area contributed by atoms with Crippen molar-refractivity contribution >= 4 is 17.5 Å². The van der Waals surface area contributed by atoms with E-state index < -0.39 is 6.04 Å². The second kappa shape index (κ2) is 4.80. The summed E-state index contributed by atoms with van der Waals surface area (Å²) < 4.78 is 0. The predicted octanol–water partition coefficient (Wildman–Crippen LogP) is 1.39. The highest BCUT2D eigenvalue weighted by atomic mass is 16.2. The lowest BCUT2D eigenvalue weighted by Crippen LogP contribution is -2.43. The minimum atomic E-state index is -0.537. The first kappa shape index (κ1) is 12.4. The van der Waals surface area contributed by atoms with Crippen LogP contribution in [0.3, 0.4) is 0 Å². The van der Waals surface area contributed by atoms with E-state index in [1.54, 1.807) is 11.8 Å². The van der Waals surface area contributed by atoms with Gasteiger partial charge in [0, 0.05) is 18.4 Å². The summed E-state index contributed by atoms with van der Waals surface area (Å²) in [4.78, 5) is 26.1. The highest BCUT2D eigenvalue weighted by Gasteiger charge is 2.30. The maximum atomic E-state index is 12.5. The molecule has 2 heterocycles. The van der Waals surface area contributed by atoms with E-state index >= 15 is 0 Å². The Kier molecular flexibility index (Phi) is 2.98. The summed E-state index contributed by atoms with van der Waals surface area (Å²) in [6.45, 7) is 2.11. The minimum absolute atomic E-state index is 0.188. The van der Waals surface area contributed by atoms with Gasteiger partial charge in [-0.1, -0.05) is 18.2 Å². The molecule has 102 valence electrons. The summed E-state index contributed by atoms with van der Waals surface area (Å²) >= 11 is 0. The molecule has 1 aliphatic rings. The van der Waals surface area contributed by atoms with Gasteiger partial charge in [-0.25, -0.2) is 0 Å². The van der Waals surface area contributed by atoms with E-state index in [2.05, 4.69) is 15.5 Å². The number of aromatic amines is 1. The van der Waals surface area contributed by atoms with Crippen LogP contribution in [0.25, 0.3) is 0 Å². The molecule has 0 radical (unpaired) electrons. The molecule has 0 bridgehead atoms. The van der Waals surface area contributed by atoms with Gasteiger partial charge >= 0.3 is 0 Å². The van der Waals surface area contributed by atoms with Crippen molar-refractivity contribution in [3.8, 4) is 0 Å². The van der Waals surface area contributed by atoms with Crippen LogP contribution in [0.5, 0.6) is 0 Å². The topological polar surface area (TPSA) is 78.1 Å². The number of hydrogen-bond donors (Lipinski definition) is 2. The average molecular weight is 270 g/mol. The van der Waals surface area contributed by atoms with E-state index in [1.807, 2.05) is 24.3 Å². The third kappa shape index (κ3) is 2.05. The maximum Gasteiger partial charge on any atom is 0.258 e. The Morgan fingerprint density at radius 3 is 2.95 bits per heavy atom. The monoisotopic (exact) mass is 270 g/mol. The Balaban J connectivity index is 1.98. The van der Waals surface area contributed by atoms with Crippen molar-refractivity contribution in [1.82, 2.24) is 15.1 Å². The third-order valence-electron chi connectivity index (χ3n) is 3.47. The van der Waals surface area contributed by atoms with Crippen molar-refractivity contribution in [2.45, 2.75) is 19.5 Å². The number of benzene rings is 1. The van der Waals surface area contributed by atoms with E-state index in [0.717, 1.165) is 11.3 Å². The van der Waals surface area contributed by atoms with Gasteiger partial charge in [0.15, 0.2) is 0 Å². The van der Waals surface area contributed by atoms with E-state index in [-0.39, 0.29) is 11.8 Å². The van der Waals surface area contributed by atoms with Crippen LogP contribution in [0.1, 0.15) is 22.8 Å². The standard InChI is InChI=1S/C14H14N4O2/c1-9-13(19)17-12-5-3-2-4-10(12)8-18(9)14(20)11-6-15-16-7-11/h2-7,9H,8H2,1H3,(H,15,16)(H,17,19). The number of rotatable bonds is 1. The first-order valence-electron chi connectivity index (χ1n) is 6.35. The second-order valence-electron chi connectivity index (χ2n) is 4.74. The summed E-state index contributed by atoms with van der Waals surface area (Å²) in [6, 6.07) is 6.96. The number of carbonyl (C=O) groups excluding carboxylic acids is 2. The smallest absolute Gasteiger partial charge is 0.258 e. The molecule has 6 heteroatoms. The van der Waals surface area contributed by atoms with Crippen molar-refractivity contribution in [2.24, 2.45) is 0 Å². The highest BCUT2D eigenvalue weighted by molar-refractivity contribution is 6.02. The largest absolute Gasteiger partial charge is 0.324 e. The Morgan fingerprint density at radius 1 is 1.40 bits per heavy atom. The van der Waals surface area contributed by atoms with Crippen molar-refractivity contribution in [3.05, 3.63) is 47.8 Å². The second-order valence-corrected chi connectivity index (χ2v) is 4.74. The fourth-order valence-electron chi connectivity index (χ4n) is 2.26. The number of H-pyrrole nitrogens is 1. The molecule has 20 heavy (non-hydrogen) atoms. The van der Waals surface area contributed by atoms with Crippen LogP contribution >= 0.6 is 0 Å². The molecule has 0 saturated heterocycles. The molecule has 2 N–H and O–H groups in total. The van der Waals surface area contributed by atoms with Gasteiger partial charge in [-0.15, -0.1) is 0 Å². The van der Waals surface area contributed by atoms with Crippen LogP contribution in [0, 0.1) is 0 Å². The third-order valence-corrected chi connectivity index (χ3v) is 3.47. The number of hydrogen-bond acceptors (Lipinski definition) is 3. The zero-order valence-electron chi connectivity index (χ0n) is 11.0. The van der Waals surface area contributed by atoms with Crippen molar-refractivity contribution in [3.63, 3.8) is 0 Å². The quantitative estimate of drug-likeness (QED) is 0.822. The number of fused-ring (bicyclic) bond motifs is 1. The van der Waals surface area contributed by atoms with Gasteiger partial charge in [0.2, 0.25) is 5.91 Å². The van der Waals surface area contributed by atoms with Crippen molar-refractivity contribution in [2.75, 3.05) is 5.32 Å². The number of nitrogens with one attached hydrogen (secondary N) is 2. The molecule has 0 saturated carbocycles. The highest BCUT2D eigenvalue weighted by Crippen LogP contribution is 2.24. The molecule has 1 aromatic carbocycles. The zero-order chi connectivity index (χ0) is 14.1. The van der Waals surface area contributed by atoms with Gasteiger partial charge < -0.3 is 10.2 Å². The number of carbonyl (C=O) groups is 2. The van der Waals surface area contributed by atoms with Crippen molar-refractivity contribution in [1.29, 1.82) is 0 Å². The Bertz CT molecular complexity index is 651. The zero-order valence-corrected chi connectivity index (χ0v) is 11.0. The molecule has 2 amide bonds. The molecule has 0 fully saturated rings. The molecular weight excluding hydrogens is 256 g/mol. The van der Waals surface area contributed by atoms with E-state index in [4.69, 9.17) is 0 Å². The van der Waals surface area contributed by atoms with Gasteiger partial charge in [0.1, 0.15) is 6.04 Å². The first-order valence-corrected chi connectivity index (χ1v) is 6.35. The molecular formula is C14H14N4O2. The SMILES string of the molecule is CC1C(=O)Nc2ccccc2CN1C(=O)c1cn[nH]c1.